The van der Waals surface area contributed by atoms with Crippen molar-refractivity contribution >= 4 is 15.8 Å². The first-order chi connectivity index (χ1) is 11.3. The highest BCUT2D eigenvalue weighted by atomic mass is 32.2. The fraction of sp³-hybridized carbons (Fsp3) is 0.533. The van der Waals surface area contributed by atoms with E-state index in [0.29, 0.717) is 17.9 Å². The number of hydrogen-bond acceptors (Lipinski definition) is 6. The summed E-state index contributed by atoms with van der Waals surface area (Å²) in [6, 6.07) is 3.44. The van der Waals surface area contributed by atoms with E-state index in [1.54, 1.807) is 18.7 Å². The van der Waals surface area contributed by atoms with E-state index < -0.39 is 10.0 Å². The topological polar surface area (TPSA) is 84.2 Å². The standard InChI is InChI=1S/C15H22N6O2S/c1-11-14(10-16-20(11)4)24(22,23)21-9-5-6-13(21)12-7-8-15(18-17-12)19(2)3/h7-8,10,13H,5-6,9H2,1-4H3. The third-order valence-corrected chi connectivity index (χ3v) is 6.46. The molecule has 1 atom stereocenters. The van der Waals surface area contributed by atoms with Crippen LogP contribution in [0.15, 0.2) is 23.2 Å². The number of sulfonamides is 1. The van der Waals surface area contributed by atoms with Gasteiger partial charge in [0.2, 0.25) is 10.0 Å². The Bertz CT molecular complexity index is 828. The molecular weight excluding hydrogens is 328 g/mol. The SMILES string of the molecule is Cc1c(S(=O)(=O)N2CCCC2c2ccc(N(C)C)nn2)cnn1C. The van der Waals surface area contributed by atoms with Crippen LogP contribution in [-0.4, -0.2) is 53.3 Å². The fourth-order valence-electron chi connectivity index (χ4n) is 2.93. The molecule has 1 aliphatic heterocycles. The summed E-state index contributed by atoms with van der Waals surface area (Å²) >= 11 is 0. The Hall–Kier alpha value is -2.00. The first kappa shape index (κ1) is 16.8. The molecule has 0 N–H and O–H groups in total. The van der Waals surface area contributed by atoms with Crippen molar-refractivity contribution in [2.75, 3.05) is 25.5 Å². The smallest absolute Gasteiger partial charge is 0.247 e. The van der Waals surface area contributed by atoms with E-state index in [0.717, 1.165) is 18.7 Å². The van der Waals surface area contributed by atoms with Crippen LogP contribution in [0.3, 0.4) is 0 Å². The number of aromatic nitrogens is 4. The zero-order valence-electron chi connectivity index (χ0n) is 14.3. The molecule has 0 amide bonds. The van der Waals surface area contributed by atoms with Crippen LogP contribution in [0.4, 0.5) is 5.82 Å². The van der Waals surface area contributed by atoms with Crippen molar-refractivity contribution in [2.24, 2.45) is 7.05 Å². The minimum Gasteiger partial charge on any atom is -0.361 e. The van der Waals surface area contributed by atoms with Crippen LogP contribution in [0, 0.1) is 6.92 Å². The van der Waals surface area contributed by atoms with Gasteiger partial charge in [0.05, 0.1) is 23.6 Å². The van der Waals surface area contributed by atoms with Gasteiger partial charge in [-0.05, 0) is 31.9 Å². The lowest BCUT2D eigenvalue weighted by atomic mass is 10.1. The summed E-state index contributed by atoms with van der Waals surface area (Å²) in [4.78, 5) is 2.12. The Morgan fingerprint density at radius 1 is 1.25 bits per heavy atom. The molecule has 1 saturated heterocycles. The van der Waals surface area contributed by atoms with Gasteiger partial charge in [0, 0.05) is 27.7 Å². The van der Waals surface area contributed by atoms with Crippen LogP contribution < -0.4 is 4.90 Å². The normalized spacial score (nSPS) is 18.9. The van der Waals surface area contributed by atoms with Gasteiger partial charge in [-0.1, -0.05) is 0 Å². The van der Waals surface area contributed by atoms with E-state index in [2.05, 4.69) is 15.3 Å². The van der Waals surface area contributed by atoms with Gasteiger partial charge < -0.3 is 4.90 Å². The maximum atomic E-state index is 13.0. The van der Waals surface area contributed by atoms with Gasteiger partial charge >= 0.3 is 0 Å². The Morgan fingerprint density at radius 2 is 2.00 bits per heavy atom. The predicted molar refractivity (Wildman–Crippen MR) is 90.2 cm³/mol. The van der Waals surface area contributed by atoms with Gasteiger partial charge in [0.1, 0.15) is 4.90 Å². The maximum Gasteiger partial charge on any atom is 0.247 e. The molecule has 0 aromatic carbocycles. The fourth-order valence-corrected chi connectivity index (χ4v) is 4.79. The van der Waals surface area contributed by atoms with Crippen molar-refractivity contribution in [3.05, 3.63) is 29.7 Å². The summed E-state index contributed by atoms with van der Waals surface area (Å²) in [6.45, 7) is 2.25. The molecule has 0 saturated carbocycles. The minimum absolute atomic E-state index is 0.259. The van der Waals surface area contributed by atoms with Crippen LogP contribution in [0.1, 0.15) is 30.3 Å². The summed E-state index contributed by atoms with van der Waals surface area (Å²) < 4.78 is 29.2. The van der Waals surface area contributed by atoms with Crippen LogP contribution in [0.2, 0.25) is 0 Å². The van der Waals surface area contributed by atoms with E-state index in [9.17, 15) is 8.42 Å². The van der Waals surface area contributed by atoms with Crippen LogP contribution >= 0.6 is 0 Å². The molecule has 2 aromatic heterocycles. The molecule has 9 heteroatoms. The first-order valence-electron chi connectivity index (χ1n) is 7.84. The largest absolute Gasteiger partial charge is 0.361 e. The number of rotatable bonds is 4. The van der Waals surface area contributed by atoms with Crippen molar-refractivity contribution in [1.29, 1.82) is 0 Å². The quantitative estimate of drug-likeness (QED) is 0.821. The van der Waals surface area contributed by atoms with Crippen LogP contribution in [0.25, 0.3) is 0 Å². The van der Waals surface area contributed by atoms with E-state index >= 15 is 0 Å². The lowest BCUT2D eigenvalue weighted by Gasteiger charge is -2.23. The third kappa shape index (κ3) is 2.78. The van der Waals surface area contributed by atoms with Crippen molar-refractivity contribution < 1.29 is 8.42 Å². The summed E-state index contributed by atoms with van der Waals surface area (Å²) in [6.07, 6.45) is 2.97. The van der Waals surface area contributed by atoms with Crippen LogP contribution in [-0.2, 0) is 17.1 Å². The second-order valence-electron chi connectivity index (χ2n) is 6.20. The Kier molecular flexibility index (Phi) is 4.31. The van der Waals surface area contributed by atoms with E-state index in [4.69, 9.17) is 0 Å². The second kappa shape index (κ2) is 6.14. The molecule has 1 unspecified atom stereocenters. The molecule has 130 valence electrons. The lowest BCUT2D eigenvalue weighted by molar-refractivity contribution is 0.388. The first-order valence-corrected chi connectivity index (χ1v) is 9.28. The molecule has 1 fully saturated rings. The molecule has 3 rings (SSSR count). The average Bonchev–Trinajstić information content (AvgIpc) is 3.16. The van der Waals surface area contributed by atoms with Gasteiger partial charge in [-0.15, -0.1) is 5.10 Å². The monoisotopic (exact) mass is 350 g/mol. The van der Waals surface area contributed by atoms with Gasteiger partial charge in [0.25, 0.3) is 0 Å². The maximum absolute atomic E-state index is 13.0. The highest BCUT2D eigenvalue weighted by Gasteiger charge is 2.38. The predicted octanol–water partition coefficient (Wildman–Crippen LogP) is 1.11. The van der Waals surface area contributed by atoms with Crippen LogP contribution in [0.5, 0.6) is 0 Å². The van der Waals surface area contributed by atoms with Crippen molar-refractivity contribution in [2.45, 2.75) is 30.7 Å². The van der Waals surface area contributed by atoms with Crippen molar-refractivity contribution in [3.63, 3.8) is 0 Å². The average molecular weight is 350 g/mol. The molecule has 24 heavy (non-hydrogen) atoms. The number of nitrogens with zero attached hydrogens (tertiary/aromatic N) is 6. The van der Waals surface area contributed by atoms with Gasteiger partial charge in [0.15, 0.2) is 5.82 Å². The highest BCUT2D eigenvalue weighted by molar-refractivity contribution is 7.89. The van der Waals surface area contributed by atoms with Crippen molar-refractivity contribution in [3.8, 4) is 0 Å². The molecule has 0 radical (unpaired) electrons. The Labute approximate surface area is 142 Å². The highest BCUT2D eigenvalue weighted by Crippen LogP contribution is 2.36. The summed E-state index contributed by atoms with van der Waals surface area (Å²) in [7, 11) is 1.92. The molecule has 0 bridgehead atoms. The minimum atomic E-state index is -3.60. The third-order valence-electron chi connectivity index (χ3n) is 4.45. The molecule has 0 aliphatic carbocycles. The van der Waals surface area contributed by atoms with E-state index in [1.165, 1.54) is 10.5 Å². The number of aryl methyl sites for hydroxylation is 1. The Morgan fingerprint density at radius 3 is 2.54 bits per heavy atom. The van der Waals surface area contributed by atoms with Crippen molar-refractivity contribution in [1.82, 2.24) is 24.3 Å². The van der Waals surface area contributed by atoms with Gasteiger partial charge in [-0.3, -0.25) is 4.68 Å². The van der Waals surface area contributed by atoms with Gasteiger partial charge in [-0.2, -0.15) is 14.5 Å². The molecular formula is C15H22N6O2S. The Balaban J connectivity index is 1.94. The summed E-state index contributed by atoms with van der Waals surface area (Å²) in [5, 5.41) is 12.5. The van der Waals surface area contributed by atoms with E-state index in [-0.39, 0.29) is 10.9 Å². The lowest BCUT2D eigenvalue weighted by Crippen LogP contribution is -2.31. The zero-order valence-corrected chi connectivity index (χ0v) is 15.2. The molecule has 0 spiro atoms. The molecule has 3 heterocycles. The number of hydrogen-bond donors (Lipinski definition) is 0. The summed E-state index contributed by atoms with van der Waals surface area (Å²) in [5.41, 5.74) is 1.32. The number of anilines is 1. The van der Waals surface area contributed by atoms with Gasteiger partial charge in [-0.25, -0.2) is 8.42 Å². The second-order valence-corrected chi connectivity index (χ2v) is 8.06. The van der Waals surface area contributed by atoms with E-state index in [1.807, 2.05) is 31.1 Å². The zero-order chi connectivity index (χ0) is 17.5. The molecule has 8 nitrogen and oxygen atoms in total. The molecule has 2 aromatic rings. The summed E-state index contributed by atoms with van der Waals surface area (Å²) in [5.74, 6) is 0.745. The molecule has 1 aliphatic rings.